The minimum atomic E-state index is -1.10. The second-order valence-electron chi connectivity index (χ2n) is 14.1. The average molecular weight is 850 g/mol. The molecule has 4 aromatic carbocycles. The van der Waals surface area contributed by atoms with Gasteiger partial charge in [-0.15, -0.1) is 18.4 Å². The number of nitrogens with zero attached hydrogens (tertiary/aromatic N) is 6. The summed E-state index contributed by atoms with van der Waals surface area (Å²) in [5.41, 5.74) is 8.08. The molecular formula is C43H43BrF2N8O2Si. The van der Waals surface area contributed by atoms with Gasteiger partial charge in [0, 0.05) is 61.3 Å². The highest BCUT2D eigenvalue weighted by Gasteiger charge is 2.14. The van der Waals surface area contributed by atoms with Crippen LogP contribution in [0, 0.1) is 35.9 Å². The molecule has 0 radical (unpaired) electrons. The molecule has 2 aromatic heterocycles. The van der Waals surface area contributed by atoms with E-state index in [4.69, 9.17) is 22.3 Å². The number of halogens is 3. The third kappa shape index (κ3) is 11.0. The summed E-state index contributed by atoms with van der Waals surface area (Å²) in [6.45, 7) is 13.1. The summed E-state index contributed by atoms with van der Waals surface area (Å²) in [5.74, 6) is 2.35. The van der Waals surface area contributed by atoms with E-state index in [-0.39, 0.29) is 11.4 Å². The third-order valence-electron chi connectivity index (χ3n) is 8.94. The van der Waals surface area contributed by atoms with Gasteiger partial charge in [-0.1, -0.05) is 25.6 Å². The highest BCUT2D eigenvalue weighted by atomic mass is 79.9. The van der Waals surface area contributed by atoms with Gasteiger partial charge >= 0.3 is 0 Å². The molecule has 0 bridgehead atoms. The van der Waals surface area contributed by atoms with Gasteiger partial charge in [-0.2, -0.15) is 0 Å². The summed E-state index contributed by atoms with van der Waals surface area (Å²) in [4.78, 5) is 21.7. The SMILES string of the molecule is C#C[Si](C)(C)C.C#Cc1ccc2nc(Nc3ccc(N4CCOCC4)cc3)ncc2c1F.Fc1c(Br)ccc2nc(Nc3ccc(N4CCOCC4)cc3)ncc12. The normalized spacial score (nSPS) is 14.0. The minimum Gasteiger partial charge on any atom is -0.378 e. The van der Waals surface area contributed by atoms with Crippen molar-refractivity contribution in [2.24, 2.45) is 0 Å². The molecule has 0 atom stereocenters. The highest BCUT2D eigenvalue weighted by molar-refractivity contribution is 9.10. The van der Waals surface area contributed by atoms with Gasteiger partial charge in [-0.3, -0.25) is 0 Å². The molecule has 4 heterocycles. The van der Waals surface area contributed by atoms with Crippen molar-refractivity contribution >= 4 is 80.5 Å². The second-order valence-corrected chi connectivity index (χ2v) is 19.8. The number of ether oxygens (including phenoxy) is 2. The van der Waals surface area contributed by atoms with Crippen molar-refractivity contribution in [1.82, 2.24) is 19.9 Å². The molecule has 14 heteroatoms. The molecule has 8 rings (SSSR count). The Bertz CT molecular complexity index is 2390. The highest BCUT2D eigenvalue weighted by Crippen LogP contribution is 2.26. The smallest absolute Gasteiger partial charge is 0.227 e. The molecule has 0 saturated carbocycles. The van der Waals surface area contributed by atoms with Gasteiger partial charge in [0.05, 0.1) is 58.3 Å². The van der Waals surface area contributed by atoms with E-state index < -0.39 is 13.9 Å². The zero-order valence-corrected chi connectivity index (χ0v) is 34.6. The molecule has 57 heavy (non-hydrogen) atoms. The van der Waals surface area contributed by atoms with Crippen molar-refractivity contribution in [2.75, 3.05) is 73.0 Å². The number of terminal acetylenes is 2. The van der Waals surface area contributed by atoms with E-state index >= 15 is 0 Å². The number of anilines is 6. The van der Waals surface area contributed by atoms with Crippen LogP contribution < -0.4 is 20.4 Å². The van der Waals surface area contributed by atoms with Crippen molar-refractivity contribution in [3.05, 3.63) is 107 Å². The topological polar surface area (TPSA) is 101 Å². The maximum Gasteiger partial charge on any atom is 0.227 e. The number of morpholine rings is 2. The van der Waals surface area contributed by atoms with Gasteiger partial charge in [0.1, 0.15) is 19.7 Å². The predicted molar refractivity (Wildman–Crippen MR) is 232 cm³/mol. The van der Waals surface area contributed by atoms with Gasteiger partial charge < -0.3 is 29.9 Å². The number of hydrogen-bond acceptors (Lipinski definition) is 10. The lowest BCUT2D eigenvalue weighted by molar-refractivity contribution is 0.122. The van der Waals surface area contributed by atoms with Crippen LogP contribution >= 0.6 is 15.9 Å². The Morgan fingerprint density at radius 3 is 1.49 bits per heavy atom. The number of rotatable bonds is 6. The molecule has 2 aliphatic rings. The van der Waals surface area contributed by atoms with Crippen LogP contribution in [0.5, 0.6) is 0 Å². The second kappa shape index (κ2) is 19.0. The standard InChI is InChI=1S/C20H17FN4O.C18H16BrFN4O.C5H10Si/c1-2-14-3-8-18-17(19(14)21)13-22-20(24-18)23-15-4-6-16(7-5-15)25-9-11-26-12-10-25;19-15-5-6-16-14(17(15)20)11-21-18(23-16)22-12-1-3-13(4-2-12)24-7-9-25-10-8-24;1-5-6(2,3)4/h1,3-8,13H,9-12H2,(H,22,23,24);1-6,11H,7-10H2,(H,21,22,23);1H,2-4H3. The average Bonchev–Trinajstić information content (AvgIpc) is 3.24. The zero-order chi connectivity index (χ0) is 40.4. The van der Waals surface area contributed by atoms with E-state index in [0.717, 1.165) is 69.7 Å². The third-order valence-corrected chi connectivity index (χ3v) is 10.4. The minimum absolute atomic E-state index is 0.209. The summed E-state index contributed by atoms with van der Waals surface area (Å²) in [5, 5.41) is 7.01. The Morgan fingerprint density at radius 2 is 1.07 bits per heavy atom. The van der Waals surface area contributed by atoms with Crippen molar-refractivity contribution in [3.63, 3.8) is 0 Å². The number of aromatic nitrogens is 4. The largest absolute Gasteiger partial charge is 0.378 e. The lowest BCUT2D eigenvalue weighted by Gasteiger charge is -2.28. The lowest BCUT2D eigenvalue weighted by atomic mass is 10.1. The van der Waals surface area contributed by atoms with Crippen molar-refractivity contribution in [3.8, 4) is 24.3 Å². The first-order valence-electron chi connectivity index (χ1n) is 18.4. The van der Waals surface area contributed by atoms with Crippen LogP contribution in [0.15, 0.2) is 89.7 Å². The molecule has 0 amide bonds. The Hall–Kier alpha value is -5.64. The van der Waals surface area contributed by atoms with Gasteiger partial charge in [0.25, 0.3) is 0 Å². The Kier molecular flexibility index (Phi) is 13.7. The fourth-order valence-corrected chi connectivity index (χ4v) is 6.11. The lowest BCUT2D eigenvalue weighted by Crippen LogP contribution is -2.36. The molecular weight excluding hydrogens is 807 g/mol. The maximum atomic E-state index is 14.2. The van der Waals surface area contributed by atoms with Crippen molar-refractivity contribution in [2.45, 2.75) is 19.6 Å². The molecule has 0 aliphatic carbocycles. The molecule has 10 nitrogen and oxygen atoms in total. The van der Waals surface area contributed by atoms with Crippen LogP contribution in [0.1, 0.15) is 5.56 Å². The van der Waals surface area contributed by atoms with E-state index in [1.165, 1.54) is 18.1 Å². The van der Waals surface area contributed by atoms with Crippen LogP contribution in [0.25, 0.3) is 21.8 Å². The Balaban J connectivity index is 0.000000169. The fourth-order valence-electron chi connectivity index (χ4n) is 5.76. The molecule has 2 N–H and O–H groups in total. The van der Waals surface area contributed by atoms with Gasteiger partial charge in [-0.05, 0) is 88.7 Å². The monoisotopic (exact) mass is 848 g/mol. The summed E-state index contributed by atoms with van der Waals surface area (Å²) >= 11 is 3.17. The summed E-state index contributed by atoms with van der Waals surface area (Å²) in [6.07, 6.45) is 13.3. The van der Waals surface area contributed by atoms with Crippen LogP contribution in [0.3, 0.4) is 0 Å². The Morgan fingerprint density at radius 1 is 0.649 bits per heavy atom. The summed E-state index contributed by atoms with van der Waals surface area (Å²) in [7, 11) is -1.10. The van der Waals surface area contributed by atoms with Crippen LogP contribution in [-0.2, 0) is 9.47 Å². The number of benzene rings is 4. The van der Waals surface area contributed by atoms with Gasteiger partial charge in [0.2, 0.25) is 11.9 Å². The Labute approximate surface area is 341 Å². The van der Waals surface area contributed by atoms with Crippen molar-refractivity contribution < 1.29 is 18.3 Å². The first-order valence-corrected chi connectivity index (χ1v) is 22.7. The number of fused-ring (bicyclic) bond motifs is 2. The zero-order valence-electron chi connectivity index (χ0n) is 32.0. The molecule has 2 aliphatic heterocycles. The van der Waals surface area contributed by atoms with E-state index in [2.05, 4.69) is 99.5 Å². The molecule has 2 saturated heterocycles. The van der Waals surface area contributed by atoms with Crippen LogP contribution in [-0.4, -0.2) is 80.6 Å². The first-order chi connectivity index (χ1) is 27.5. The quantitative estimate of drug-likeness (QED) is 0.125. The maximum absolute atomic E-state index is 14.2. The van der Waals surface area contributed by atoms with E-state index in [0.29, 0.717) is 38.2 Å². The fraction of sp³-hybridized carbons (Fsp3) is 0.256. The van der Waals surface area contributed by atoms with E-state index in [1.807, 2.05) is 36.4 Å². The number of hydrogen-bond donors (Lipinski definition) is 2. The van der Waals surface area contributed by atoms with Gasteiger partial charge in [0.15, 0.2) is 0 Å². The van der Waals surface area contributed by atoms with Gasteiger partial charge in [-0.25, -0.2) is 28.7 Å². The van der Waals surface area contributed by atoms with Crippen LogP contribution in [0.4, 0.5) is 43.4 Å². The molecule has 0 spiro atoms. The van der Waals surface area contributed by atoms with Crippen molar-refractivity contribution in [1.29, 1.82) is 0 Å². The predicted octanol–water partition coefficient (Wildman–Crippen LogP) is 8.94. The molecule has 6 aromatic rings. The number of nitrogens with one attached hydrogen (secondary N) is 2. The molecule has 0 unspecified atom stereocenters. The molecule has 292 valence electrons. The van der Waals surface area contributed by atoms with Crippen LogP contribution in [0.2, 0.25) is 19.6 Å². The first kappa shape index (κ1) is 41.0. The summed E-state index contributed by atoms with van der Waals surface area (Å²) in [6, 6.07) is 22.8. The van der Waals surface area contributed by atoms with E-state index in [9.17, 15) is 8.78 Å². The molecule has 2 fully saturated rings. The summed E-state index contributed by atoms with van der Waals surface area (Å²) < 4.78 is 39.4. The van der Waals surface area contributed by atoms with E-state index in [1.54, 1.807) is 24.3 Å².